The van der Waals surface area contributed by atoms with Gasteiger partial charge in [-0.25, -0.2) is 0 Å². The Bertz CT molecular complexity index is 134. The molecule has 0 amide bonds. The molecule has 66 valence electrons. The summed E-state index contributed by atoms with van der Waals surface area (Å²) in [6, 6.07) is 0. The van der Waals surface area contributed by atoms with Gasteiger partial charge in [-0.3, -0.25) is 0 Å². The smallest absolute Gasteiger partial charge is 0.109 e. The first-order chi connectivity index (χ1) is 5.02. The van der Waals surface area contributed by atoms with Crippen molar-refractivity contribution in [2.45, 2.75) is 31.5 Å². The van der Waals surface area contributed by atoms with Crippen LogP contribution in [0.4, 0.5) is 0 Å². The standard InChI is InChI=1S/C8H17NO2/c1-7(2,10)8(11-3)4-5-9-6-8/h9-10H,4-6H2,1-3H3. The number of aliphatic hydroxyl groups is 1. The van der Waals surface area contributed by atoms with Gasteiger partial charge in [-0.15, -0.1) is 0 Å². The number of nitrogens with one attached hydrogen (secondary N) is 1. The SMILES string of the molecule is COC1(C(C)(C)O)CCNC1. The molecule has 0 bridgehead atoms. The van der Waals surface area contributed by atoms with E-state index in [1.54, 1.807) is 21.0 Å². The molecule has 0 aliphatic carbocycles. The average molecular weight is 159 g/mol. The molecule has 0 aromatic rings. The Balaban J connectivity index is 2.75. The third-order valence-corrected chi connectivity index (χ3v) is 2.62. The van der Waals surface area contributed by atoms with Gasteiger partial charge >= 0.3 is 0 Å². The predicted molar refractivity (Wildman–Crippen MR) is 43.5 cm³/mol. The first-order valence-electron chi connectivity index (χ1n) is 4.00. The second-order valence-electron chi connectivity index (χ2n) is 3.68. The number of ether oxygens (including phenoxy) is 1. The van der Waals surface area contributed by atoms with Gasteiger partial charge in [0.25, 0.3) is 0 Å². The number of methoxy groups -OCH3 is 1. The molecule has 1 heterocycles. The van der Waals surface area contributed by atoms with Crippen LogP contribution < -0.4 is 5.32 Å². The number of rotatable bonds is 2. The Labute approximate surface area is 67.7 Å². The molecule has 3 nitrogen and oxygen atoms in total. The van der Waals surface area contributed by atoms with E-state index in [0.29, 0.717) is 0 Å². The molecule has 1 aliphatic rings. The maximum atomic E-state index is 9.80. The monoisotopic (exact) mass is 159 g/mol. The summed E-state index contributed by atoms with van der Waals surface area (Å²) >= 11 is 0. The first kappa shape index (κ1) is 8.97. The van der Waals surface area contributed by atoms with Gasteiger partial charge in [0.2, 0.25) is 0 Å². The van der Waals surface area contributed by atoms with Crippen molar-refractivity contribution < 1.29 is 9.84 Å². The molecule has 0 saturated carbocycles. The molecule has 1 atom stereocenters. The van der Waals surface area contributed by atoms with E-state index in [2.05, 4.69) is 5.32 Å². The largest absolute Gasteiger partial charge is 0.387 e. The van der Waals surface area contributed by atoms with Crippen molar-refractivity contribution in [3.05, 3.63) is 0 Å². The molecule has 0 spiro atoms. The highest BCUT2D eigenvalue weighted by Gasteiger charge is 2.46. The summed E-state index contributed by atoms with van der Waals surface area (Å²) in [6.07, 6.45) is 0.882. The second kappa shape index (κ2) is 2.73. The van der Waals surface area contributed by atoms with E-state index in [1.807, 2.05) is 0 Å². The molecule has 1 aliphatic heterocycles. The quantitative estimate of drug-likeness (QED) is 0.602. The van der Waals surface area contributed by atoms with Crippen molar-refractivity contribution in [3.63, 3.8) is 0 Å². The summed E-state index contributed by atoms with van der Waals surface area (Å²) in [5.41, 5.74) is -1.14. The van der Waals surface area contributed by atoms with Crippen LogP contribution in [0.1, 0.15) is 20.3 Å². The van der Waals surface area contributed by atoms with E-state index < -0.39 is 5.60 Å². The van der Waals surface area contributed by atoms with E-state index >= 15 is 0 Å². The van der Waals surface area contributed by atoms with Gasteiger partial charge in [0.1, 0.15) is 5.60 Å². The lowest BCUT2D eigenvalue weighted by molar-refractivity contribution is -0.139. The minimum Gasteiger partial charge on any atom is -0.387 e. The first-order valence-corrected chi connectivity index (χ1v) is 4.00. The second-order valence-corrected chi connectivity index (χ2v) is 3.68. The molecular formula is C8H17NO2. The van der Waals surface area contributed by atoms with Crippen molar-refractivity contribution in [1.82, 2.24) is 5.32 Å². The van der Waals surface area contributed by atoms with Crippen LogP contribution in [-0.4, -0.2) is 36.5 Å². The third kappa shape index (κ3) is 1.41. The van der Waals surface area contributed by atoms with Gasteiger partial charge in [0.15, 0.2) is 0 Å². The number of hydrogen-bond acceptors (Lipinski definition) is 3. The summed E-state index contributed by atoms with van der Waals surface area (Å²) in [6.45, 7) is 5.26. The fourth-order valence-electron chi connectivity index (χ4n) is 1.62. The van der Waals surface area contributed by atoms with E-state index in [4.69, 9.17) is 4.74 Å². The average Bonchev–Trinajstić information content (AvgIpc) is 2.33. The fourth-order valence-corrected chi connectivity index (χ4v) is 1.62. The zero-order chi connectivity index (χ0) is 8.54. The molecule has 0 aromatic heterocycles. The Morgan fingerprint density at radius 2 is 2.18 bits per heavy atom. The van der Waals surface area contributed by atoms with Crippen LogP contribution in [0.15, 0.2) is 0 Å². The van der Waals surface area contributed by atoms with Crippen molar-refractivity contribution in [3.8, 4) is 0 Å². The molecule has 1 saturated heterocycles. The Kier molecular flexibility index (Phi) is 2.23. The van der Waals surface area contributed by atoms with Crippen molar-refractivity contribution in [1.29, 1.82) is 0 Å². The summed E-state index contributed by atoms with van der Waals surface area (Å²) < 4.78 is 5.35. The van der Waals surface area contributed by atoms with Gasteiger partial charge in [-0.1, -0.05) is 0 Å². The molecule has 0 radical (unpaired) electrons. The number of hydrogen-bond donors (Lipinski definition) is 2. The zero-order valence-corrected chi connectivity index (χ0v) is 7.48. The summed E-state index contributed by atoms with van der Waals surface area (Å²) in [7, 11) is 1.66. The van der Waals surface area contributed by atoms with Crippen LogP contribution in [-0.2, 0) is 4.74 Å². The molecule has 1 rings (SSSR count). The molecule has 11 heavy (non-hydrogen) atoms. The maximum absolute atomic E-state index is 9.80. The lowest BCUT2D eigenvalue weighted by atomic mass is 9.85. The topological polar surface area (TPSA) is 41.5 Å². The summed E-state index contributed by atoms with van der Waals surface area (Å²) in [5.74, 6) is 0. The van der Waals surface area contributed by atoms with Crippen LogP contribution in [0, 0.1) is 0 Å². The molecule has 3 heteroatoms. The van der Waals surface area contributed by atoms with Crippen LogP contribution in [0.3, 0.4) is 0 Å². The minimum atomic E-state index is -0.759. The highest BCUT2D eigenvalue weighted by atomic mass is 16.5. The van der Waals surface area contributed by atoms with Gasteiger partial charge in [-0.2, -0.15) is 0 Å². The molecule has 1 unspecified atom stereocenters. The summed E-state index contributed by atoms with van der Waals surface area (Å²) in [4.78, 5) is 0. The van der Waals surface area contributed by atoms with Crippen molar-refractivity contribution in [2.24, 2.45) is 0 Å². The summed E-state index contributed by atoms with van der Waals surface area (Å²) in [5, 5.41) is 13.0. The van der Waals surface area contributed by atoms with E-state index in [0.717, 1.165) is 19.5 Å². The van der Waals surface area contributed by atoms with E-state index in [-0.39, 0.29) is 5.60 Å². The lowest BCUT2D eigenvalue weighted by Crippen LogP contribution is -2.53. The van der Waals surface area contributed by atoms with Crippen molar-refractivity contribution >= 4 is 0 Å². The van der Waals surface area contributed by atoms with Crippen LogP contribution >= 0.6 is 0 Å². The van der Waals surface area contributed by atoms with Crippen LogP contribution in [0.25, 0.3) is 0 Å². The molecule has 0 aromatic carbocycles. The van der Waals surface area contributed by atoms with Gasteiger partial charge < -0.3 is 15.2 Å². The van der Waals surface area contributed by atoms with Gasteiger partial charge in [-0.05, 0) is 26.8 Å². The van der Waals surface area contributed by atoms with Crippen LogP contribution in [0.2, 0.25) is 0 Å². The predicted octanol–water partition coefficient (Wildman–Crippen LogP) is 0.136. The Morgan fingerprint density at radius 3 is 2.36 bits per heavy atom. The highest BCUT2D eigenvalue weighted by molar-refractivity contribution is 5.01. The van der Waals surface area contributed by atoms with Crippen LogP contribution in [0.5, 0.6) is 0 Å². The minimum absolute atomic E-state index is 0.382. The Hall–Kier alpha value is -0.120. The highest BCUT2D eigenvalue weighted by Crippen LogP contribution is 2.30. The van der Waals surface area contributed by atoms with E-state index in [1.165, 1.54) is 0 Å². The normalized spacial score (nSPS) is 32.7. The maximum Gasteiger partial charge on any atom is 0.109 e. The zero-order valence-electron chi connectivity index (χ0n) is 7.48. The molecule has 2 N–H and O–H groups in total. The fraction of sp³-hybridized carbons (Fsp3) is 1.00. The molecule has 1 fully saturated rings. The third-order valence-electron chi connectivity index (χ3n) is 2.62. The lowest BCUT2D eigenvalue weighted by Gasteiger charge is -2.38. The van der Waals surface area contributed by atoms with Gasteiger partial charge in [0.05, 0.1) is 5.60 Å². The Morgan fingerprint density at radius 1 is 1.55 bits per heavy atom. The van der Waals surface area contributed by atoms with Crippen molar-refractivity contribution in [2.75, 3.05) is 20.2 Å². The van der Waals surface area contributed by atoms with E-state index in [9.17, 15) is 5.11 Å². The van der Waals surface area contributed by atoms with Gasteiger partial charge in [0, 0.05) is 13.7 Å². The molecular weight excluding hydrogens is 142 g/mol.